The largest absolute Gasteiger partial charge is 0.495 e. The lowest BCUT2D eigenvalue weighted by Gasteiger charge is -2.36. The Balaban J connectivity index is 0.00000101. The van der Waals surface area contributed by atoms with Gasteiger partial charge in [0.05, 0.1) is 12.5 Å². The lowest BCUT2D eigenvalue weighted by molar-refractivity contribution is -0.150. The number of carbonyl (C=O) groups excluding carboxylic acids is 1. The molecule has 0 saturated carbocycles. The number of hydrogen-bond donors (Lipinski definition) is 1. The molecule has 1 N–H and O–H groups in total. The fourth-order valence-electron chi connectivity index (χ4n) is 3.90. The van der Waals surface area contributed by atoms with Crippen LogP contribution >= 0.6 is 0 Å². The Kier molecular flexibility index (Phi) is 7.78. The van der Waals surface area contributed by atoms with Crippen LogP contribution in [0.1, 0.15) is 19.3 Å². The summed E-state index contributed by atoms with van der Waals surface area (Å²) in [6.45, 7) is 0.771. The van der Waals surface area contributed by atoms with Crippen molar-refractivity contribution in [1.82, 2.24) is 9.21 Å². The normalized spacial score (nSPS) is 21.1. The number of likely N-dealkylation sites (N-methyl/N-ethyl adjacent to an activating group) is 1. The van der Waals surface area contributed by atoms with E-state index in [0.717, 1.165) is 12.1 Å². The highest BCUT2D eigenvalue weighted by atomic mass is 32.2. The predicted molar refractivity (Wildman–Crippen MR) is 105 cm³/mol. The number of halogens is 1. The number of hydrogen-bond acceptors (Lipinski definition) is 7. The number of sulfonamides is 1. The molecule has 168 valence electrons. The molecule has 0 aromatic heterocycles. The summed E-state index contributed by atoms with van der Waals surface area (Å²) in [5.41, 5.74) is -0.626. The standard InChI is InChI=1S/C18H25FN2O5S.CH2O2/c1-20(2)12-14-11-18(17(22)26-14)6-8-21(9-7-18)27(23,24)16-10-13(19)4-5-15(16)25-3;2-1-3/h4-5,10,14H,6-9,11-12H2,1-3H3;1H,(H,2,3). The van der Waals surface area contributed by atoms with Crippen LogP contribution in [0, 0.1) is 11.2 Å². The van der Waals surface area contributed by atoms with Gasteiger partial charge in [-0.15, -0.1) is 0 Å². The second-order valence-corrected chi connectivity index (χ2v) is 9.49. The van der Waals surface area contributed by atoms with Gasteiger partial charge in [-0.3, -0.25) is 9.59 Å². The van der Waals surface area contributed by atoms with Crippen LogP contribution in [0.25, 0.3) is 0 Å². The third-order valence-corrected chi connectivity index (χ3v) is 7.24. The summed E-state index contributed by atoms with van der Waals surface area (Å²) in [5.74, 6) is -0.786. The third kappa shape index (κ3) is 5.08. The molecule has 2 aliphatic heterocycles. The zero-order valence-corrected chi connectivity index (χ0v) is 18.0. The summed E-state index contributed by atoms with van der Waals surface area (Å²) in [6.07, 6.45) is 1.22. The van der Waals surface area contributed by atoms with Gasteiger partial charge in [0.25, 0.3) is 6.47 Å². The molecule has 2 aliphatic rings. The van der Waals surface area contributed by atoms with Crippen molar-refractivity contribution < 1.29 is 37.0 Å². The molecule has 1 spiro atoms. The van der Waals surface area contributed by atoms with E-state index in [2.05, 4.69) is 0 Å². The van der Waals surface area contributed by atoms with Crippen molar-refractivity contribution in [2.24, 2.45) is 5.41 Å². The summed E-state index contributed by atoms with van der Waals surface area (Å²) >= 11 is 0. The van der Waals surface area contributed by atoms with Gasteiger partial charge in [0.2, 0.25) is 10.0 Å². The molecular formula is C19H27FN2O7S. The number of nitrogens with zero attached hydrogens (tertiary/aromatic N) is 2. The molecule has 0 bridgehead atoms. The Hall–Kier alpha value is -2.24. The van der Waals surface area contributed by atoms with E-state index in [0.29, 0.717) is 25.8 Å². The summed E-state index contributed by atoms with van der Waals surface area (Å²) in [7, 11) is 1.26. The van der Waals surface area contributed by atoms with Crippen molar-refractivity contribution in [2.75, 3.05) is 40.8 Å². The Labute approximate surface area is 175 Å². The van der Waals surface area contributed by atoms with Gasteiger partial charge in [-0.25, -0.2) is 12.8 Å². The predicted octanol–water partition coefficient (Wildman–Crippen LogP) is 1.18. The highest BCUT2D eigenvalue weighted by Crippen LogP contribution is 2.44. The first kappa shape index (κ1) is 24.0. The monoisotopic (exact) mass is 446 g/mol. The van der Waals surface area contributed by atoms with Gasteiger partial charge in [0.15, 0.2) is 0 Å². The molecule has 11 heteroatoms. The first-order valence-electron chi connectivity index (χ1n) is 9.37. The molecule has 0 amide bonds. The Morgan fingerprint density at radius 2 is 1.97 bits per heavy atom. The van der Waals surface area contributed by atoms with Gasteiger partial charge < -0.3 is 19.5 Å². The molecule has 0 aliphatic carbocycles. The molecule has 0 radical (unpaired) electrons. The van der Waals surface area contributed by atoms with E-state index in [-0.39, 0.29) is 42.3 Å². The molecule has 2 heterocycles. The average molecular weight is 446 g/mol. The van der Waals surface area contributed by atoms with Crippen molar-refractivity contribution in [3.63, 3.8) is 0 Å². The molecule has 2 fully saturated rings. The molecule has 1 atom stereocenters. The lowest BCUT2D eigenvalue weighted by Crippen LogP contribution is -2.45. The van der Waals surface area contributed by atoms with Gasteiger partial charge in [-0.2, -0.15) is 4.31 Å². The fraction of sp³-hybridized carbons (Fsp3) is 0.579. The summed E-state index contributed by atoms with van der Waals surface area (Å²) in [5, 5.41) is 6.89. The summed E-state index contributed by atoms with van der Waals surface area (Å²) in [6, 6.07) is 3.42. The topological polar surface area (TPSA) is 113 Å². The SMILES string of the molecule is COc1ccc(F)cc1S(=O)(=O)N1CCC2(CC1)CC(CN(C)C)OC2=O.O=CO. The van der Waals surface area contributed by atoms with Crippen LogP contribution in [-0.2, 0) is 24.3 Å². The molecule has 2 saturated heterocycles. The number of rotatable bonds is 5. The first-order valence-corrected chi connectivity index (χ1v) is 10.8. The smallest absolute Gasteiger partial charge is 0.312 e. The second kappa shape index (κ2) is 9.71. The molecular weight excluding hydrogens is 419 g/mol. The number of carboxylic acid groups (broad SMARTS) is 1. The van der Waals surface area contributed by atoms with Crippen LogP contribution in [0.4, 0.5) is 4.39 Å². The molecule has 1 unspecified atom stereocenters. The molecule has 30 heavy (non-hydrogen) atoms. The molecule has 9 nitrogen and oxygen atoms in total. The van der Waals surface area contributed by atoms with Gasteiger partial charge >= 0.3 is 5.97 Å². The number of methoxy groups -OCH3 is 1. The van der Waals surface area contributed by atoms with E-state index >= 15 is 0 Å². The number of carbonyl (C=O) groups is 2. The van der Waals surface area contributed by atoms with Gasteiger partial charge in [0.1, 0.15) is 22.6 Å². The summed E-state index contributed by atoms with van der Waals surface area (Å²) < 4.78 is 51.4. The van der Waals surface area contributed by atoms with Gasteiger partial charge in [-0.1, -0.05) is 0 Å². The maximum atomic E-state index is 13.6. The van der Waals surface area contributed by atoms with Crippen LogP contribution < -0.4 is 4.74 Å². The van der Waals surface area contributed by atoms with Crippen molar-refractivity contribution in [3.8, 4) is 5.75 Å². The number of benzene rings is 1. The third-order valence-electron chi connectivity index (χ3n) is 5.32. The van der Waals surface area contributed by atoms with Crippen molar-refractivity contribution in [2.45, 2.75) is 30.3 Å². The molecule has 3 rings (SSSR count). The minimum absolute atomic E-state index is 0.100. The highest BCUT2D eigenvalue weighted by molar-refractivity contribution is 7.89. The quantitative estimate of drug-likeness (QED) is 0.530. The zero-order valence-electron chi connectivity index (χ0n) is 17.2. The van der Waals surface area contributed by atoms with Crippen LogP contribution in [0.2, 0.25) is 0 Å². The van der Waals surface area contributed by atoms with E-state index in [9.17, 15) is 17.6 Å². The van der Waals surface area contributed by atoms with E-state index < -0.39 is 21.3 Å². The minimum atomic E-state index is -3.92. The zero-order chi connectivity index (χ0) is 22.5. The number of cyclic esters (lactones) is 1. The van der Waals surface area contributed by atoms with Gasteiger partial charge in [0, 0.05) is 26.1 Å². The number of esters is 1. The Morgan fingerprint density at radius 3 is 2.50 bits per heavy atom. The first-order chi connectivity index (χ1) is 14.1. The number of ether oxygens (including phenoxy) is 2. The molecule has 1 aromatic carbocycles. The summed E-state index contributed by atoms with van der Waals surface area (Å²) in [4.78, 5) is 22.6. The van der Waals surface area contributed by atoms with Crippen molar-refractivity contribution in [3.05, 3.63) is 24.0 Å². The van der Waals surface area contributed by atoms with E-state index in [4.69, 9.17) is 19.4 Å². The number of piperidine rings is 1. The van der Waals surface area contributed by atoms with Gasteiger partial charge in [-0.05, 0) is 45.1 Å². The highest BCUT2D eigenvalue weighted by Gasteiger charge is 2.51. The van der Waals surface area contributed by atoms with Crippen molar-refractivity contribution in [1.29, 1.82) is 0 Å². The van der Waals surface area contributed by atoms with Crippen LogP contribution in [0.5, 0.6) is 5.75 Å². The van der Waals surface area contributed by atoms with E-state index in [1.165, 1.54) is 17.5 Å². The van der Waals surface area contributed by atoms with Crippen LogP contribution in [0.15, 0.2) is 23.1 Å². The van der Waals surface area contributed by atoms with Crippen LogP contribution in [-0.4, -0.2) is 82.1 Å². The fourth-order valence-corrected chi connectivity index (χ4v) is 5.51. The Morgan fingerprint density at radius 1 is 1.37 bits per heavy atom. The maximum Gasteiger partial charge on any atom is 0.312 e. The lowest BCUT2D eigenvalue weighted by atomic mass is 9.76. The van der Waals surface area contributed by atoms with E-state index in [1.807, 2.05) is 19.0 Å². The van der Waals surface area contributed by atoms with Crippen LogP contribution in [0.3, 0.4) is 0 Å². The van der Waals surface area contributed by atoms with Crippen molar-refractivity contribution >= 4 is 22.5 Å². The van der Waals surface area contributed by atoms with E-state index in [1.54, 1.807) is 0 Å². The second-order valence-electron chi connectivity index (χ2n) is 7.58. The maximum absolute atomic E-state index is 13.6. The average Bonchev–Trinajstić information content (AvgIpc) is 2.96. The molecule has 1 aromatic rings. The minimum Gasteiger partial charge on any atom is -0.495 e. The Bertz CT molecular complexity index is 868.